The van der Waals surface area contributed by atoms with Crippen molar-refractivity contribution < 1.29 is 13.2 Å². The molecule has 0 radical (unpaired) electrons. The van der Waals surface area contributed by atoms with Crippen LogP contribution in [0.1, 0.15) is 35.1 Å². The normalized spacial score (nSPS) is 18.1. The van der Waals surface area contributed by atoms with Crippen LogP contribution in [-0.4, -0.2) is 31.7 Å². The van der Waals surface area contributed by atoms with Gasteiger partial charge in [0.25, 0.3) is 0 Å². The van der Waals surface area contributed by atoms with Crippen molar-refractivity contribution in [2.24, 2.45) is 5.92 Å². The van der Waals surface area contributed by atoms with Crippen LogP contribution in [0, 0.1) is 33.6 Å². The summed E-state index contributed by atoms with van der Waals surface area (Å²) in [6.45, 7) is 8.26. The Morgan fingerprint density at radius 2 is 1.71 bits per heavy atom. The number of amides is 1. The number of benzene rings is 2. The first kappa shape index (κ1) is 20.6. The van der Waals surface area contributed by atoms with Crippen molar-refractivity contribution >= 4 is 21.6 Å². The van der Waals surface area contributed by atoms with Gasteiger partial charge in [-0.3, -0.25) is 4.79 Å². The summed E-state index contributed by atoms with van der Waals surface area (Å²) < 4.78 is 28.1. The number of anilines is 1. The summed E-state index contributed by atoms with van der Waals surface area (Å²) in [6, 6.07) is 11.4. The van der Waals surface area contributed by atoms with Gasteiger partial charge >= 0.3 is 0 Å². The molecular formula is C22H28N2O3S. The minimum Gasteiger partial charge on any atom is -0.326 e. The molecule has 1 heterocycles. The number of rotatable bonds is 4. The highest BCUT2D eigenvalue weighted by Gasteiger charge is 2.34. The second kappa shape index (κ2) is 8.05. The van der Waals surface area contributed by atoms with E-state index in [2.05, 4.69) is 5.32 Å². The van der Waals surface area contributed by atoms with Crippen molar-refractivity contribution in [2.45, 2.75) is 45.4 Å². The highest BCUT2D eigenvalue weighted by molar-refractivity contribution is 7.89. The maximum atomic E-state index is 13.3. The number of hydrogen-bond donors (Lipinski definition) is 1. The van der Waals surface area contributed by atoms with Crippen molar-refractivity contribution in [2.75, 3.05) is 18.4 Å². The van der Waals surface area contributed by atoms with E-state index in [9.17, 15) is 13.2 Å². The smallest absolute Gasteiger partial charge is 0.243 e. The third kappa shape index (κ3) is 4.28. The van der Waals surface area contributed by atoms with E-state index in [0.717, 1.165) is 27.9 Å². The third-order valence-electron chi connectivity index (χ3n) is 5.24. The summed E-state index contributed by atoms with van der Waals surface area (Å²) >= 11 is 0. The van der Waals surface area contributed by atoms with E-state index in [1.807, 2.05) is 64.1 Å². The van der Waals surface area contributed by atoms with Gasteiger partial charge in [-0.1, -0.05) is 29.8 Å². The maximum Gasteiger partial charge on any atom is 0.243 e. The molecule has 1 saturated heterocycles. The topological polar surface area (TPSA) is 66.5 Å². The van der Waals surface area contributed by atoms with E-state index in [1.54, 1.807) is 0 Å². The Balaban J connectivity index is 1.80. The van der Waals surface area contributed by atoms with Gasteiger partial charge in [0.2, 0.25) is 15.9 Å². The lowest BCUT2D eigenvalue weighted by Gasteiger charge is -2.32. The average molecular weight is 401 g/mol. The Hall–Kier alpha value is -2.18. The van der Waals surface area contributed by atoms with Crippen LogP contribution in [-0.2, 0) is 14.8 Å². The fourth-order valence-corrected chi connectivity index (χ4v) is 5.98. The summed E-state index contributed by atoms with van der Waals surface area (Å²) in [4.78, 5) is 13.1. The molecule has 0 spiro atoms. The Morgan fingerprint density at radius 3 is 2.36 bits per heavy atom. The van der Waals surface area contributed by atoms with E-state index in [4.69, 9.17) is 0 Å². The Kier molecular flexibility index (Phi) is 5.91. The molecule has 0 unspecified atom stereocenters. The van der Waals surface area contributed by atoms with Crippen LogP contribution < -0.4 is 5.32 Å². The minimum absolute atomic E-state index is 0.122. The fraction of sp³-hybridized carbons (Fsp3) is 0.409. The number of aryl methyl sites for hydroxylation is 4. The van der Waals surface area contributed by atoms with Crippen LogP contribution in [0.3, 0.4) is 0 Å². The summed E-state index contributed by atoms with van der Waals surface area (Å²) in [7, 11) is -3.63. The number of hydrogen-bond acceptors (Lipinski definition) is 3. The largest absolute Gasteiger partial charge is 0.326 e. The van der Waals surface area contributed by atoms with E-state index in [0.29, 0.717) is 24.3 Å². The highest BCUT2D eigenvalue weighted by atomic mass is 32.2. The molecule has 0 aromatic heterocycles. The average Bonchev–Trinajstić information content (AvgIpc) is 2.60. The second-order valence-electron chi connectivity index (χ2n) is 7.79. The number of sulfonamides is 1. The molecule has 1 amide bonds. The van der Waals surface area contributed by atoms with Gasteiger partial charge in [0, 0.05) is 18.8 Å². The molecule has 1 aliphatic heterocycles. The summed E-state index contributed by atoms with van der Waals surface area (Å²) in [6.07, 6.45) is 1.37. The van der Waals surface area contributed by atoms with Gasteiger partial charge in [-0.15, -0.1) is 0 Å². The van der Waals surface area contributed by atoms with Crippen LogP contribution in [0.25, 0.3) is 0 Å². The highest BCUT2D eigenvalue weighted by Crippen LogP contribution is 2.29. The molecular weight excluding hydrogens is 372 g/mol. The second-order valence-corrected chi connectivity index (χ2v) is 9.66. The van der Waals surface area contributed by atoms with Crippen LogP contribution in [0.4, 0.5) is 5.69 Å². The molecule has 28 heavy (non-hydrogen) atoms. The number of nitrogens with zero attached hydrogens (tertiary/aromatic N) is 1. The molecule has 1 fully saturated rings. The SMILES string of the molecule is Cc1cccc(NC(=O)[C@@H]2CCCN(S(=O)(=O)c3c(C)cc(C)cc3C)C2)c1. The lowest BCUT2D eigenvalue weighted by atomic mass is 9.98. The molecule has 0 aliphatic carbocycles. The number of carbonyl (C=O) groups excluding carboxylic acids is 1. The Labute approximate surface area is 167 Å². The van der Waals surface area contributed by atoms with Crippen LogP contribution in [0.15, 0.2) is 41.3 Å². The Bertz CT molecular complexity index is 976. The molecule has 5 nitrogen and oxygen atoms in total. The first-order chi connectivity index (χ1) is 13.2. The molecule has 3 rings (SSSR count). The van der Waals surface area contributed by atoms with Crippen molar-refractivity contribution in [1.82, 2.24) is 4.31 Å². The van der Waals surface area contributed by atoms with Crippen LogP contribution in [0.5, 0.6) is 0 Å². The molecule has 2 aromatic rings. The van der Waals surface area contributed by atoms with Crippen LogP contribution in [0.2, 0.25) is 0 Å². The fourth-order valence-electron chi connectivity index (χ4n) is 4.04. The zero-order valence-corrected chi connectivity index (χ0v) is 17.8. The minimum atomic E-state index is -3.63. The monoisotopic (exact) mass is 400 g/mol. The lowest BCUT2D eigenvalue weighted by molar-refractivity contribution is -0.120. The number of carbonyl (C=O) groups is 1. The molecule has 0 bridgehead atoms. The number of nitrogens with one attached hydrogen (secondary N) is 1. The first-order valence-corrected chi connectivity index (χ1v) is 11.1. The Morgan fingerprint density at radius 1 is 1.04 bits per heavy atom. The van der Waals surface area contributed by atoms with Gasteiger partial charge < -0.3 is 5.32 Å². The predicted octanol–water partition coefficient (Wildman–Crippen LogP) is 3.96. The van der Waals surface area contributed by atoms with Crippen LogP contribution >= 0.6 is 0 Å². The van der Waals surface area contributed by atoms with Gasteiger partial charge in [0.05, 0.1) is 10.8 Å². The zero-order chi connectivity index (χ0) is 20.5. The molecule has 2 aromatic carbocycles. The van der Waals surface area contributed by atoms with E-state index >= 15 is 0 Å². The zero-order valence-electron chi connectivity index (χ0n) is 17.0. The van der Waals surface area contributed by atoms with Gasteiger partial charge in [-0.2, -0.15) is 4.31 Å². The standard InChI is InChI=1S/C22H28N2O3S/c1-15-7-5-9-20(13-15)23-22(25)19-8-6-10-24(14-19)28(26,27)21-17(3)11-16(2)12-18(21)4/h5,7,9,11-13,19H,6,8,10,14H2,1-4H3,(H,23,25)/t19-/m1/s1. The van der Waals surface area contributed by atoms with Crippen molar-refractivity contribution in [3.05, 3.63) is 58.7 Å². The van der Waals surface area contributed by atoms with Crippen molar-refractivity contribution in [3.8, 4) is 0 Å². The van der Waals surface area contributed by atoms with Gasteiger partial charge in [-0.05, 0) is 69.4 Å². The van der Waals surface area contributed by atoms with Gasteiger partial charge in [0.1, 0.15) is 0 Å². The maximum absolute atomic E-state index is 13.3. The third-order valence-corrected chi connectivity index (χ3v) is 7.41. The summed E-state index contributed by atoms with van der Waals surface area (Å²) in [5.74, 6) is -0.474. The van der Waals surface area contributed by atoms with Crippen molar-refractivity contribution in [1.29, 1.82) is 0 Å². The predicted molar refractivity (Wildman–Crippen MR) is 112 cm³/mol. The van der Waals surface area contributed by atoms with Gasteiger partial charge in [0.15, 0.2) is 0 Å². The van der Waals surface area contributed by atoms with E-state index in [-0.39, 0.29) is 18.4 Å². The first-order valence-electron chi connectivity index (χ1n) is 9.64. The lowest BCUT2D eigenvalue weighted by Crippen LogP contribution is -2.44. The van der Waals surface area contributed by atoms with E-state index in [1.165, 1.54) is 4.31 Å². The molecule has 6 heteroatoms. The molecule has 1 atom stereocenters. The quantitative estimate of drug-likeness (QED) is 0.845. The van der Waals surface area contributed by atoms with E-state index < -0.39 is 10.0 Å². The molecule has 150 valence electrons. The molecule has 1 N–H and O–H groups in total. The van der Waals surface area contributed by atoms with Crippen molar-refractivity contribution in [3.63, 3.8) is 0 Å². The molecule has 1 aliphatic rings. The number of piperidine rings is 1. The summed E-state index contributed by atoms with van der Waals surface area (Å²) in [5, 5.41) is 2.93. The van der Waals surface area contributed by atoms with Gasteiger partial charge in [-0.25, -0.2) is 8.42 Å². The summed E-state index contributed by atoms with van der Waals surface area (Å²) in [5.41, 5.74) is 4.36. The molecule has 0 saturated carbocycles.